The summed E-state index contributed by atoms with van der Waals surface area (Å²) >= 11 is 0. The van der Waals surface area contributed by atoms with Crippen molar-refractivity contribution in [2.45, 2.75) is 63.3 Å². The van der Waals surface area contributed by atoms with E-state index in [0.29, 0.717) is 18.6 Å². The monoisotopic (exact) mass is 276 g/mol. The lowest BCUT2D eigenvalue weighted by molar-refractivity contribution is 0.340. The van der Waals surface area contributed by atoms with Gasteiger partial charge < -0.3 is 10.6 Å². The maximum absolute atomic E-state index is 11.6. The molecule has 1 rings (SSSR count). The molecule has 0 radical (unpaired) electrons. The third kappa shape index (κ3) is 4.86. The first-order valence-electron chi connectivity index (χ1n) is 6.89. The zero-order valence-corrected chi connectivity index (χ0v) is 12.9. The predicted octanol–water partition coefficient (Wildman–Crippen LogP) is 1.32. The maximum atomic E-state index is 11.6. The summed E-state index contributed by atoms with van der Waals surface area (Å²) in [4.78, 5) is 0. The molecule has 108 valence electrons. The van der Waals surface area contributed by atoms with Crippen LogP contribution in [-0.2, 0) is 9.84 Å². The molecule has 4 nitrogen and oxygen atoms in total. The molecule has 0 amide bonds. The first-order chi connectivity index (χ1) is 8.22. The average Bonchev–Trinajstić information content (AvgIpc) is 2.26. The Hall–Kier alpha value is -0.130. The Morgan fingerprint density at radius 1 is 1.39 bits per heavy atom. The van der Waals surface area contributed by atoms with E-state index < -0.39 is 14.6 Å². The van der Waals surface area contributed by atoms with E-state index in [0.717, 1.165) is 13.0 Å². The van der Waals surface area contributed by atoms with Crippen LogP contribution in [0.15, 0.2) is 0 Å². The van der Waals surface area contributed by atoms with Crippen LogP contribution in [0, 0.1) is 0 Å². The van der Waals surface area contributed by atoms with E-state index in [1.165, 1.54) is 25.5 Å². The van der Waals surface area contributed by atoms with Crippen molar-refractivity contribution in [3.63, 3.8) is 0 Å². The van der Waals surface area contributed by atoms with Crippen LogP contribution in [0.3, 0.4) is 0 Å². The smallest absolute Gasteiger partial charge is 0.153 e. The Balaban J connectivity index is 2.34. The standard InChI is InChI=1S/C13H28N2O2S/c1-11(9-12-7-5-6-8-14-12)15-10-13(2,3)18(4,16)17/h11-12,14-15H,5-10H2,1-4H3. The molecule has 1 saturated heterocycles. The van der Waals surface area contributed by atoms with Crippen LogP contribution < -0.4 is 10.6 Å². The number of hydrogen-bond acceptors (Lipinski definition) is 4. The summed E-state index contributed by atoms with van der Waals surface area (Å²) in [6.07, 6.45) is 6.20. The molecule has 1 heterocycles. The summed E-state index contributed by atoms with van der Waals surface area (Å²) in [7, 11) is -3.01. The highest BCUT2D eigenvalue weighted by Gasteiger charge is 2.30. The molecule has 1 fully saturated rings. The van der Waals surface area contributed by atoms with Gasteiger partial charge in [-0.1, -0.05) is 6.42 Å². The van der Waals surface area contributed by atoms with Gasteiger partial charge in [0.25, 0.3) is 0 Å². The van der Waals surface area contributed by atoms with Crippen molar-refractivity contribution < 1.29 is 8.42 Å². The molecular formula is C13H28N2O2S. The van der Waals surface area contributed by atoms with E-state index in [1.54, 1.807) is 13.8 Å². The first-order valence-corrected chi connectivity index (χ1v) is 8.78. The van der Waals surface area contributed by atoms with Gasteiger partial charge in [0.1, 0.15) is 0 Å². The summed E-state index contributed by atoms with van der Waals surface area (Å²) < 4.78 is 22.5. The van der Waals surface area contributed by atoms with Crippen molar-refractivity contribution in [1.82, 2.24) is 10.6 Å². The lowest BCUT2D eigenvalue weighted by atomic mass is 9.98. The molecule has 0 aromatic carbocycles. The molecule has 0 aromatic heterocycles. The van der Waals surface area contributed by atoms with Crippen LogP contribution >= 0.6 is 0 Å². The quantitative estimate of drug-likeness (QED) is 0.768. The van der Waals surface area contributed by atoms with Gasteiger partial charge in [-0.15, -0.1) is 0 Å². The third-order valence-electron chi connectivity index (χ3n) is 3.93. The van der Waals surface area contributed by atoms with Crippen LogP contribution in [0.25, 0.3) is 0 Å². The molecule has 18 heavy (non-hydrogen) atoms. The predicted molar refractivity (Wildman–Crippen MR) is 76.6 cm³/mol. The number of piperidine rings is 1. The summed E-state index contributed by atoms with van der Waals surface area (Å²) in [5, 5.41) is 6.88. The Morgan fingerprint density at radius 3 is 2.56 bits per heavy atom. The molecule has 2 N–H and O–H groups in total. The van der Waals surface area contributed by atoms with E-state index in [2.05, 4.69) is 17.6 Å². The maximum Gasteiger partial charge on any atom is 0.153 e. The molecule has 0 bridgehead atoms. The Kier molecular flexibility index (Phi) is 5.62. The van der Waals surface area contributed by atoms with Crippen molar-refractivity contribution >= 4 is 9.84 Å². The van der Waals surface area contributed by atoms with E-state index in [9.17, 15) is 8.42 Å². The lowest BCUT2D eigenvalue weighted by Crippen LogP contribution is -2.46. The van der Waals surface area contributed by atoms with Crippen LogP contribution in [0.1, 0.15) is 46.5 Å². The highest BCUT2D eigenvalue weighted by atomic mass is 32.2. The minimum absolute atomic E-state index is 0.349. The zero-order chi connectivity index (χ0) is 13.8. The van der Waals surface area contributed by atoms with E-state index >= 15 is 0 Å². The second-order valence-electron chi connectivity index (χ2n) is 6.20. The number of hydrogen-bond donors (Lipinski definition) is 2. The van der Waals surface area contributed by atoms with E-state index in [-0.39, 0.29) is 0 Å². The molecule has 0 aromatic rings. The van der Waals surface area contributed by atoms with E-state index in [4.69, 9.17) is 0 Å². The highest BCUT2D eigenvalue weighted by Crippen LogP contribution is 2.15. The lowest BCUT2D eigenvalue weighted by Gasteiger charge is -2.29. The highest BCUT2D eigenvalue weighted by molar-refractivity contribution is 7.92. The van der Waals surface area contributed by atoms with Crippen molar-refractivity contribution in [2.24, 2.45) is 0 Å². The fourth-order valence-electron chi connectivity index (χ4n) is 2.19. The number of rotatable bonds is 6. The van der Waals surface area contributed by atoms with E-state index in [1.807, 2.05) is 0 Å². The summed E-state index contributed by atoms with van der Waals surface area (Å²) in [6, 6.07) is 0.934. The van der Waals surface area contributed by atoms with Gasteiger partial charge in [0.2, 0.25) is 0 Å². The number of sulfone groups is 1. The largest absolute Gasteiger partial charge is 0.314 e. The van der Waals surface area contributed by atoms with Crippen LogP contribution in [-0.4, -0.2) is 44.6 Å². The second-order valence-corrected chi connectivity index (χ2v) is 8.85. The minimum atomic E-state index is -3.01. The summed E-state index contributed by atoms with van der Waals surface area (Å²) in [5.74, 6) is 0. The molecule has 2 unspecified atom stereocenters. The Morgan fingerprint density at radius 2 is 2.06 bits per heavy atom. The summed E-state index contributed by atoms with van der Waals surface area (Å²) in [5.41, 5.74) is 0. The van der Waals surface area contributed by atoms with Gasteiger partial charge in [-0.3, -0.25) is 0 Å². The van der Waals surface area contributed by atoms with Crippen LogP contribution in [0.5, 0.6) is 0 Å². The molecular weight excluding hydrogens is 248 g/mol. The van der Waals surface area contributed by atoms with Crippen molar-refractivity contribution in [3.8, 4) is 0 Å². The van der Waals surface area contributed by atoms with Crippen molar-refractivity contribution in [1.29, 1.82) is 0 Å². The third-order valence-corrected chi connectivity index (χ3v) is 6.08. The SMILES string of the molecule is CC(CC1CCCCN1)NCC(C)(C)S(C)(=O)=O. The van der Waals surface area contributed by atoms with Gasteiger partial charge in [0, 0.05) is 24.9 Å². The molecule has 0 spiro atoms. The first kappa shape index (κ1) is 15.9. The summed E-state index contributed by atoms with van der Waals surface area (Å²) in [6.45, 7) is 7.32. The van der Waals surface area contributed by atoms with Gasteiger partial charge in [-0.25, -0.2) is 8.42 Å². The second kappa shape index (κ2) is 6.35. The molecule has 2 atom stereocenters. The molecule has 5 heteroatoms. The zero-order valence-electron chi connectivity index (χ0n) is 12.1. The number of nitrogens with one attached hydrogen (secondary N) is 2. The molecule has 0 aliphatic carbocycles. The normalized spacial score (nSPS) is 23.9. The van der Waals surface area contributed by atoms with Gasteiger partial charge in [0.05, 0.1) is 4.75 Å². The van der Waals surface area contributed by atoms with Crippen LogP contribution in [0.2, 0.25) is 0 Å². The van der Waals surface area contributed by atoms with Gasteiger partial charge in [-0.2, -0.15) is 0 Å². The Bertz CT molecular complexity index is 346. The molecule has 0 saturated carbocycles. The topological polar surface area (TPSA) is 58.2 Å². The minimum Gasteiger partial charge on any atom is -0.314 e. The fraction of sp³-hybridized carbons (Fsp3) is 1.00. The van der Waals surface area contributed by atoms with Crippen molar-refractivity contribution in [2.75, 3.05) is 19.3 Å². The fourth-order valence-corrected chi connectivity index (χ4v) is 2.53. The van der Waals surface area contributed by atoms with Gasteiger partial charge in [0.15, 0.2) is 9.84 Å². The molecule has 1 aliphatic heterocycles. The van der Waals surface area contributed by atoms with Gasteiger partial charge >= 0.3 is 0 Å². The Labute approximate surface area is 112 Å². The van der Waals surface area contributed by atoms with Crippen LogP contribution in [0.4, 0.5) is 0 Å². The van der Waals surface area contributed by atoms with Crippen molar-refractivity contribution in [3.05, 3.63) is 0 Å². The van der Waals surface area contributed by atoms with Gasteiger partial charge in [-0.05, 0) is 46.6 Å². The average molecular weight is 276 g/mol. The molecule has 1 aliphatic rings.